The second-order valence-electron chi connectivity index (χ2n) is 7.89. The number of nitrogens with zero attached hydrogens (tertiary/aromatic N) is 3. The number of sulfonamides is 1. The van der Waals surface area contributed by atoms with E-state index < -0.39 is 10.0 Å². The van der Waals surface area contributed by atoms with Crippen molar-refractivity contribution < 1.29 is 13.2 Å². The van der Waals surface area contributed by atoms with Crippen LogP contribution in [0.5, 0.6) is 11.6 Å². The molecule has 0 bridgehead atoms. The van der Waals surface area contributed by atoms with E-state index in [4.69, 9.17) is 4.74 Å². The van der Waals surface area contributed by atoms with Crippen LogP contribution < -0.4 is 9.46 Å². The number of ether oxygens (including phenoxy) is 1. The maximum Gasteiger partial charge on any atom is 0.264 e. The van der Waals surface area contributed by atoms with E-state index in [0.717, 1.165) is 16.7 Å². The molecule has 4 aromatic rings. The van der Waals surface area contributed by atoms with Crippen molar-refractivity contribution in [3.8, 4) is 29.0 Å². The first-order chi connectivity index (χ1) is 16.2. The number of hydrogen-bond acceptors (Lipinski definition) is 6. The molecular formula is C26H22N4O3S. The summed E-state index contributed by atoms with van der Waals surface area (Å²) in [6.07, 6.45) is 0. The molecule has 0 spiro atoms. The molecule has 0 atom stereocenters. The minimum Gasteiger partial charge on any atom is -0.437 e. The van der Waals surface area contributed by atoms with E-state index in [0.29, 0.717) is 11.3 Å². The molecule has 0 saturated heterocycles. The number of hydrogen-bond donors (Lipinski definition) is 1. The highest BCUT2D eigenvalue weighted by Gasteiger charge is 2.22. The van der Waals surface area contributed by atoms with Crippen LogP contribution in [0.3, 0.4) is 0 Å². The van der Waals surface area contributed by atoms with Gasteiger partial charge < -0.3 is 4.74 Å². The molecule has 0 aliphatic heterocycles. The molecule has 1 aromatic heterocycles. The zero-order chi connectivity index (χ0) is 24.3. The molecule has 4 rings (SSSR count). The number of nitrogens with one attached hydrogen (secondary N) is 1. The van der Waals surface area contributed by atoms with Gasteiger partial charge in [-0.15, -0.1) is 0 Å². The number of rotatable bonds is 6. The van der Waals surface area contributed by atoms with Gasteiger partial charge in [0.05, 0.1) is 10.6 Å². The Balaban J connectivity index is 1.83. The molecule has 0 fully saturated rings. The van der Waals surface area contributed by atoms with E-state index >= 15 is 0 Å². The van der Waals surface area contributed by atoms with Gasteiger partial charge in [0.25, 0.3) is 10.0 Å². The fourth-order valence-electron chi connectivity index (χ4n) is 3.20. The molecule has 0 radical (unpaired) electrons. The first-order valence-electron chi connectivity index (χ1n) is 10.5. The largest absolute Gasteiger partial charge is 0.437 e. The van der Waals surface area contributed by atoms with Gasteiger partial charge in [0.2, 0.25) is 11.8 Å². The topological polar surface area (TPSA) is 105 Å². The van der Waals surface area contributed by atoms with E-state index in [9.17, 15) is 13.7 Å². The Morgan fingerprint density at radius 1 is 0.794 bits per heavy atom. The van der Waals surface area contributed by atoms with E-state index in [1.54, 1.807) is 24.3 Å². The summed E-state index contributed by atoms with van der Waals surface area (Å²) in [5, 5.41) is 9.92. The zero-order valence-electron chi connectivity index (χ0n) is 18.9. The smallest absolute Gasteiger partial charge is 0.264 e. The van der Waals surface area contributed by atoms with Crippen molar-refractivity contribution in [1.29, 1.82) is 5.26 Å². The third-order valence-electron chi connectivity index (χ3n) is 5.11. The predicted molar refractivity (Wildman–Crippen MR) is 130 cm³/mol. The fraction of sp³-hybridized carbons (Fsp3) is 0.115. The van der Waals surface area contributed by atoms with Gasteiger partial charge in [-0.25, -0.2) is 18.1 Å². The van der Waals surface area contributed by atoms with Crippen molar-refractivity contribution in [1.82, 2.24) is 9.97 Å². The third kappa shape index (κ3) is 5.05. The maximum atomic E-state index is 13.0. The molecule has 170 valence electrons. The first kappa shape index (κ1) is 23.0. The van der Waals surface area contributed by atoms with Gasteiger partial charge in [0.15, 0.2) is 0 Å². The lowest BCUT2D eigenvalue weighted by Crippen LogP contribution is -2.16. The Morgan fingerprint density at radius 3 is 1.88 bits per heavy atom. The average Bonchev–Trinajstić information content (AvgIpc) is 2.81. The molecule has 0 aliphatic rings. The lowest BCUT2D eigenvalue weighted by Gasteiger charge is -2.14. The summed E-state index contributed by atoms with van der Waals surface area (Å²) in [7, 11) is -3.96. The number of aromatic nitrogens is 2. The minimum absolute atomic E-state index is 0.0430. The van der Waals surface area contributed by atoms with Gasteiger partial charge >= 0.3 is 0 Å². The summed E-state index contributed by atoms with van der Waals surface area (Å²) in [4.78, 5) is 8.70. The van der Waals surface area contributed by atoms with Crippen molar-refractivity contribution in [2.24, 2.45) is 0 Å². The van der Waals surface area contributed by atoms with E-state index in [-0.39, 0.29) is 28.0 Å². The highest BCUT2D eigenvalue weighted by Crippen LogP contribution is 2.32. The van der Waals surface area contributed by atoms with Crippen LogP contribution in [-0.2, 0) is 10.0 Å². The molecule has 0 aliphatic carbocycles. The summed E-state index contributed by atoms with van der Waals surface area (Å²) in [6.45, 7) is 5.76. The molecular weight excluding hydrogens is 448 g/mol. The van der Waals surface area contributed by atoms with Crippen molar-refractivity contribution in [2.45, 2.75) is 25.7 Å². The van der Waals surface area contributed by atoms with Crippen LogP contribution in [0.1, 0.15) is 22.3 Å². The molecule has 0 unspecified atom stereocenters. The summed E-state index contributed by atoms with van der Waals surface area (Å²) >= 11 is 0. The highest BCUT2D eigenvalue weighted by atomic mass is 32.2. The molecule has 7 nitrogen and oxygen atoms in total. The van der Waals surface area contributed by atoms with E-state index in [1.807, 2.05) is 57.2 Å². The van der Waals surface area contributed by atoms with Crippen LogP contribution in [0, 0.1) is 32.1 Å². The summed E-state index contributed by atoms with van der Waals surface area (Å²) in [5.41, 5.74) is 4.01. The van der Waals surface area contributed by atoms with Gasteiger partial charge in [-0.2, -0.15) is 10.2 Å². The SMILES string of the molecule is Cc1ccc(Oc2nc(NS(=O)(=O)c3ccc(C)cc3)nc(-c3ccc(C)cc3)c2C#N)cc1. The van der Waals surface area contributed by atoms with Crippen molar-refractivity contribution in [3.05, 3.63) is 95.1 Å². The normalized spacial score (nSPS) is 11.0. The fourth-order valence-corrected chi connectivity index (χ4v) is 4.14. The Kier molecular flexibility index (Phi) is 6.30. The Labute approximate surface area is 198 Å². The molecule has 34 heavy (non-hydrogen) atoms. The Hall–Kier alpha value is -4.22. The second-order valence-corrected chi connectivity index (χ2v) is 9.57. The van der Waals surface area contributed by atoms with Crippen LogP contribution in [-0.4, -0.2) is 18.4 Å². The molecule has 8 heteroatoms. The number of anilines is 1. The number of aryl methyl sites for hydroxylation is 3. The van der Waals surface area contributed by atoms with Gasteiger partial charge in [0, 0.05) is 5.56 Å². The number of nitriles is 1. The van der Waals surface area contributed by atoms with Crippen molar-refractivity contribution in [2.75, 3.05) is 4.72 Å². The monoisotopic (exact) mass is 470 g/mol. The zero-order valence-corrected chi connectivity index (χ0v) is 19.7. The van der Waals surface area contributed by atoms with Crippen molar-refractivity contribution in [3.63, 3.8) is 0 Å². The molecule has 3 aromatic carbocycles. The predicted octanol–water partition coefficient (Wildman–Crippen LogP) is 5.53. The molecule has 0 saturated carbocycles. The van der Waals surface area contributed by atoms with Gasteiger partial charge in [-0.1, -0.05) is 65.2 Å². The second kappa shape index (κ2) is 9.33. The van der Waals surface area contributed by atoms with E-state index in [2.05, 4.69) is 20.8 Å². The molecule has 0 amide bonds. The van der Waals surface area contributed by atoms with Crippen molar-refractivity contribution >= 4 is 16.0 Å². The number of benzene rings is 3. The third-order valence-corrected chi connectivity index (χ3v) is 6.45. The average molecular weight is 471 g/mol. The lowest BCUT2D eigenvalue weighted by atomic mass is 10.1. The molecule has 1 heterocycles. The quantitative estimate of drug-likeness (QED) is 0.397. The minimum atomic E-state index is -3.96. The first-order valence-corrected chi connectivity index (χ1v) is 12.0. The van der Waals surface area contributed by atoms with E-state index in [1.165, 1.54) is 12.1 Å². The summed E-state index contributed by atoms with van der Waals surface area (Å²) in [6, 6.07) is 23.2. The Bertz CT molecular complexity index is 1470. The standard InChI is InChI=1S/C26H22N4O3S/c1-17-4-10-20(11-5-17)24-23(16-27)25(33-21-12-6-18(2)7-13-21)29-26(28-24)30-34(31,32)22-14-8-19(3)9-15-22/h4-15H,1-3H3,(H,28,29,30). The van der Waals surface area contributed by atoms with Crippen LogP contribution in [0.15, 0.2) is 77.7 Å². The van der Waals surface area contributed by atoms with Crippen LogP contribution >= 0.6 is 0 Å². The van der Waals surface area contributed by atoms with Gasteiger partial charge in [-0.3, -0.25) is 0 Å². The summed E-state index contributed by atoms with van der Waals surface area (Å²) in [5.74, 6) is 0.221. The van der Waals surface area contributed by atoms with Crippen LogP contribution in [0.2, 0.25) is 0 Å². The maximum absolute atomic E-state index is 13.0. The molecule has 1 N–H and O–H groups in total. The lowest BCUT2D eigenvalue weighted by molar-refractivity contribution is 0.461. The Morgan fingerprint density at radius 2 is 1.32 bits per heavy atom. The summed E-state index contributed by atoms with van der Waals surface area (Å²) < 4.78 is 34.3. The highest BCUT2D eigenvalue weighted by molar-refractivity contribution is 7.92. The van der Waals surface area contributed by atoms with Crippen LogP contribution in [0.25, 0.3) is 11.3 Å². The van der Waals surface area contributed by atoms with Gasteiger partial charge in [-0.05, 0) is 45.0 Å². The van der Waals surface area contributed by atoms with Crippen LogP contribution in [0.4, 0.5) is 5.95 Å². The van der Waals surface area contributed by atoms with Gasteiger partial charge in [0.1, 0.15) is 17.4 Å².